The van der Waals surface area contributed by atoms with Crippen LogP contribution >= 0.6 is 0 Å². The Balaban J connectivity index is 1.45. The Morgan fingerprint density at radius 1 is 1.31 bits per heavy atom. The zero-order valence-corrected chi connectivity index (χ0v) is 15.3. The largest absolute Gasteiger partial charge is 0.347 e. The zero-order chi connectivity index (χ0) is 17.9. The molecule has 3 saturated carbocycles. The van der Waals surface area contributed by atoms with Crippen molar-refractivity contribution >= 4 is 17.6 Å². The first kappa shape index (κ1) is 16.1. The van der Waals surface area contributed by atoms with Gasteiger partial charge in [-0.1, -0.05) is 6.92 Å². The maximum Gasteiger partial charge on any atom is 0.256 e. The van der Waals surface area contributed by atoms with Crippen molar-refractivity contribution in [2.45, 2.75) is 51.1 Å². The number of nitrogens with zero attached hydrogens (tertiary/aromatic N) is 2. The Kier molecular flexibility index (Phi) is 3.37. The number of hydrogen-bond donors (Lipinski definition) is 2. The second kappa shape index (κ2) is 5.44. The van der Waals surface area contributed by atoms with E-state index in [1.54, 1.807) is 18.3 Å². The Hall–Kier alpha value is -2.11. The SMILES string of the molecule is C[C@@]12CC[C@@H](C[C@H]1C(=O)N1CCCC1)[C@@]1(C2)NC(=O)c2cccnc2N1. The van der Waals surface area contributed by atoms with Crippen molar-refractivity contribution in [3.63, 3.8) is 0 Å². The molecule has 3 heterocycles. The van der Waals surface area contributed by atoms with Crippen LogP contribution in [0.15, 0.2) is 18.3 Å². The van der Waals surface area contributed by atoms with Crippen molar-refractivity contribution in [3.05, 3.63) is 23.9 Å². The Morgan fingerprint density at radius 3 is 2.88 bits per heavy atom. The van der Waals surface area contributed by atoms with E-state index in [9.17, 15) is 9.59 Å². The molecule has 5 aliphatic rings. The molecule has 2 amide bonds. The minimum absolute atomic E-state index is 0.0505. The summed E-state index contributed by atoms with van der Waals surface area (Å²) in [5.41, 5.74) is 0.0585. The molecule has 2 aliphatic heterocycles. The summed E-state index contributed by atoms with van der Waals surface area (Å²) in [4.78, 5) is 32.3. The summed E-state index contributed by atoms with van der Waals surface area (Å²) in [6, 6.07) is 3.59. The number of rotatable bonds is 1. The van der Waals surface area contributed by atoms with Crippen LogP contribution in [0.3, 0.4) is 0 Å². The third kappa shape index (κ3) is 2.20. The molecule has 1 aromatic rings. The fraction of sp³-hybridized carbons (Fsp3) is 0.650. The van der Waals surface area contributed by atoms with Crippen LogP contribution in [0.5, 0.6) is 0 Å². The molecule has 0 unspecified atom stereocenters. The predicted octanol–water partition coefficient (Wildman–Crippen LogP) is 2.38. The summed E-state index contributed by atoms with van der Waals surface area (Å²) in [5, 5.41) is 6.82. The molecule has 4 fully saturated rings. The number of likely N-dealkylation sites (tertiary alicyclic amines) is 1. The van der Waals surface area contributed by atoms with Crippen molar-refractivity contribution in [3.8, 4) is 0 Å². The molecule has 138 valence electrons. The van der Waals surface area contributed by atoms with Crippen LogP contribution in [0.1, 0.15) is 55.8 Å². The van der Waals surface area contributed by atoms with E-state index in [1.807, 2.05) is 0 Å². The van der Waals surface area contributed by atoms with Gasteiger partial charge in [-0.15, -0.1) is 0 Å². The molecule has 1 spiro atoms. The van der Waals surface area contributed by atoms with Crippen molar-refractivity contribution in [2.24, 2.45) is 17.3 Å². The summed E-state index contributed by atoms with van der Waals surface area (Å²) in [7, 11) is 0. The van der Waals surface area contributed by atoms with Crippen molar-refractivity contribution in [1.29, 1.82) is 0 Å². The van der Waals surface area contributed by atoms with Crippen molar-refractivity contribution in [1.82, 2.24) is 15.2 Å². The van der Waals surface area contributed by atoms with Gasteiger partial charge in [-0.05, 0) is 56.1 Å². The van der Waals surface area contributed by atoms with Crippen LogP contribution in [0.4, 0.5) is 5.82 Å². The summed E-state index contributed by atoms with van der Waals surface area (Å²) in [6.45, 7) is 4.06. The van der Waals surface area contributed by atoms with E-state index in [2.05, 4.69) is 27.4 Å². The van der Waals surface area contributed by atoms with Gasteiger partial charge in [0, 0.05) is 31.1 Å². The lowest BCUT2D eigenvalue weighted by molar-refractivity contribution is -0.149. The van der Waals surface area contributed by atoms with Crippen LogP contribution in [0.25, 0.3) is 0 Å². The first-order valence-corrected chi connectivity index (χ1v) is 9.85. The van der Waals surface area contributed by atoms with E-state index in [4.69, 9.17) is 0 Å². The molecule has 26 heavy (non-hydrogen) atoms. The number of nitrogens with one attached hydrogen (secondary N) is 2. The van der Waals surface area contributed by atoms with Crippen LogP contribution in [-0.4, -0.2) is 40.5 Å². The number of carbonyl (C=O) groups excluding carboxylic acids is 2. The average Bonchev–Trinajstić information content (AvgIpc) is 3.15. The van der Waals surface area contributed by atoms with Gasteiger partial charge < -0.3 is 15.5 Å². The predicted molar refractivity (Wildman–Crippen MR) is 97.4 cm³/mol. The normalized spacial score (nSPS) is 38.0. The van der Waals surface area contributed by atoms with E-state index in [1.165, 1.54) is 0 Å². The summed E-state index contributed by atoms with van der Waals surface area (Å²) in [5.74, 6) is 1.30. The average molecular weight is 354 g/mol. The fourth-order valence-corrected chi connectivity index (χ4v) is 5.86. The fourth-order valence-electron chi connectivity index (χ4n) is 5.86. The molecule has 2 bridgehead atoms. The first-order valence-electron chi connectivity index (χ1n) is 9.85. The maximum absolute atomic E-state index is 13.1. The van der Waals surface area contributed by atoms with Gasteiger partial charge >= 0.3 is 0 Å². The number of pyridine rings is 1. The molecule has 3 aliphatic carbocycles. The molecule has 0 radical (unpaired) electrons. The minimum atomic E-state index is -0.465. The number of carbonyl (C=O) groups is 2. The molecule has 6 heteroatoms. The third-order valence-electron chi connectivity index (χ3n) is 7.25. The molecule has 1 aromatic heterocycles. The molecule has 6 nitrogen and oxygen atoms in total. The molecule has 0 aromatic carbocycles. The van der Waals surface area contributed by atoms with Gasteiger partial charge in [-0.2, -0.15) is 0 Å². The molecular weight excluding hydrogens is 328 g/mol. The quantitative estimate of drug-likeness (QED) is 0.812. The standard InChI is InChI=1S/C20H26N4O2/c1-19-7-6-13(11-15(19)18(26)24-9-2-3-10-24)20(12-19)22-16-14(17(25)23-20)5-4-8-21-16/h4-5,8,13,15H,2-3,6-7,9-12H2,1H3,(H,21,22)(H,23,25)/t13-,15-,19-,20+/m0/s1. The Morgan fingerprint density at radius 2 is 2.12 bits per heavy atom. The molecular formula is C20H26N4O2. The lowest BCUT2D eigenvalue weighted by Crippen LogP contribution is -2.70. The van der Waals surface area contributed by atoms with E-state index >= 15 is 0 Å². The summed E-state index contributed by atoms with van der Waals surface area (Å²) < 4.78 is 0. The minimum Gasteiger partial charge on any atom is -0.347 e. The number of anilines is 1. The summed E-state index contributed by atoms with van der Waals surface area (Å²) in [6.07, 6.45) is 7.70. The second-order valence-corrected chi connectivity index (χ2v) is 8.84. The molecule has 4 atom stereocenters. The molecule has 1 saturated heterocycles. The highest BCUT2D eigenvalue weighted by Gasteiger charge is 2.60. The second-order valence-electron chi connectivity index (χ2n) is 8.84. The molecule has 2 N–H and O–H groups in total. The zero-order valence-electron chi connectivity index (χ0n) is 15.3. The number of fused-ring (bicyclic) bond motifs is 3. The maximum atomic E-state index is 13.1. The van der Waals surface area contributed by atoms with Gasteiger partial charge in [0.25, 0.3) is 5.91 Å². The highest BCUT2D eigenvalue weighted by atomic mass is 16.2. The van der Waals surface area contributed by atoms with Crippen LogP contribution in [0.2, 0.25) is 0 Å². The summed E-state index contributed by atoms with van der Waals surface area (Å²) >= 11 is 0. The highest BCUT2D eigenvalue weighted by Crippen LogP contribution is 2.58. The number of amides is 2. The lowest BCUT2D eigenvalue weighted by Gasteiger charge is -2.60. The van der Waals surface area contributed by atoms with E-state index in [0.717, 1.165) is 51.6 Å². The van der Waals surface area contributed by atoms with E-state index < -0.39 is 5.66 Å². The van der Waals surface area contributed by atoms with Crippen molar-refractivity contribution < 1.29 is 9.59 Å². The van der Waals surface area contributed by atoms with Crippen molar-refractivity contribution in [2.75, 3.05) is 18.4 Å². The van der Waals surface area contributed by atoms with Gasteiger partial charge in [0.05, 0.1) is 5.56 Å². The van der Waals surface area contributed by atoms with Gasteiger partial charge in [-0.3, -0.25) is 9.59 Å². The topological polar surface area (TPSA) is 74.3 Å². The van der Waals surface area contributed by atoms with E-state index in [-0.39, 0.29) is 23.2 Å². The number of hydrogen-bond acceptors (Lipinski definition) is 4. The highest BCUT2D eigenvalue weighted by molar-refractivity contribution is 6.01. The van der Waals surface area contributed by atoms with E-state index in [0.29, 0.717) is 17.3 Å². The van der Waals surface area contributed by atoms with Crippen LogP contribution < -0.4 is 10.6 Å². The monoisotopic (exact) mass is 354 g/mol. The number of aromatic nitrogens is 1. The first-order chi connectivity index (χ1) is 12.5. The van der Waals surface area contributed by atoms with Gasteiger partial charge in [0.1, 0.15) is 11.5 Å². The van der Waals surface area contributed by atoms with Gasteiger partial charge in [0.2, 0.25) is 5.91 Å². The Bertz CT molecular complexity index is 775. The van der Waals surface area contributed by atoms with Crippen LogP contribution in [-0.2, 0) is 4.79 Å². The lowest BCUT2D eigenvalue weighted by atomic mass is 9.51. The Labute approximate surface area is 153 Å². The van der Waals surface area contributed by atoms with Gasteiger partial charge in [-0.25, -0.2) is 4.98 Å². The third-order valence-corrected chi connectivity index (χ3v) is 7.25. The van der Waals surface area contributed by atoms with Crippen LogP contribution in [0, 0.1) is 17.3 Å². The molecule has 6 rings (SSSR count). The smallest absolute Gasteiger partial charge is 0.256 e. The van der Waals surface area contributed by atoms with Gasteiger partial charge in [0.15, 0.2) is 0 Å².